The fraction of sp³-hybridized carbons (Fsp3) is 0.292. The van der Waals surface area contributed by atoms with Gasteiger partial charge in [-0.15, -0.1) is 0 Å². The Hall–Kier alpha value is -3.81. The van der Waals surface area contributed by atoms with E-state index in [-0.39, 0.29) is 17.9 Å². The fourth-order valence-electron chi connectivity index (χ4n) is 4.01. The van der Waals surface area contributed by atoms with E-state index in [1.165, 1.54) is 4.68 Å². The molecule has 32 heavy (non-hydrogen) atoms. The minimum atomic E-state index is -0.286. The van der Waals surface area contributed by atoms with Gasteiger partial charge in [-0.1, -0.05) is 0 Å². The molecule has 0 radical (unpaired) electrons. The molecule has 0 bridgehead atoms. The number of hydrogen-bond acceptors (Lipinski definition) is 7. The Morgan fingerprint density at radius 1 is 1.06 bits per heavy atom. The van der Waals surface area contributed by atoms with Crippen molar-refractivity contribution in [3.05, 3.63) is 75.7 Å². The van der Waals surface area contributed by atoms with E-state index in [0.717, 1.165) is 29.2 Å². The van der Waals surface area contributed by atoms with Gasteiger partial charge in [-0.25, -0.2) is 4.68 Å². The number of ketones is 1. The molecular weight excluding hydrogens is 410 g/mol. The number of aromatic nitrogens is 2. The van der Waals surface area contributed by atoms with E-state index in [1.54, 1.807) is 31.4 Å². The quantitative estimate of drug-likeness (QED) is 0.572. The Bertz CT molecular complexity index is 1220. The normalized spacial score (nSPS) is 14.6. The van der Waals surface area contributed by atoms with Crippen molar-refractivity contribution in [3.63, 3.8) is 0 Å². The lowest BCUT2D eigenvalue weighted by molar-refractivity contribution is 0.0964. The number of anilines is 1. The van der Waals surface area contributed by atoms with Gasteiger partial charge in [-0.2, -0.15) is 5.10 Å². The van der Waals surface area contributed by atoms with Crippen molar-refractivity contribution in [1.29, 1.82) is 0 Å². The summed E-state index contributed by atoms with van der Waals surface area (Å²) in [4.78, 5) is 27.7. The number of carbonyl (C=O) groups excluding carboxylic acids is 1. The first kappa shape index (κ1) is 20.1. The molecule has 164 valence electrons. The molecule has 0 aliphatic carbocycles. The lowest BCUT2D eigenvalue weighted by Gasteiger charge is -2.30. The second-order valence-corrected chi connectivity index (χ2v) is 7.76. The number of ether oxygens (including phenoxy) is 3. The van der Waals surface area contributed by atoms with Crippen LogP contribution >= 0.6 is 0 Å². The van der Waals surface area contributed by atoms with Crippen LogP contribution in [0.2, 0.25) is 0 Å². The summed E-state index contributed by atoms with van der Waals surface area (Å²) in [5, 5.41) is 4.50. The van der Waals surface area contributed by atoms with E-state index in [1.807, 2.05) is 24.3 Å². The minimum absolute atomic E-state index is 0.117. The summed E-state index contributed by atoms with van der Waals surface area (Å²) in [5.74, 6) is 1.77. The monoisotopic (exact) mass is 433 g/mol. The first-order valence-corrected chi connectivity index (χ1v) is 10.5. The molecule has 0 fully saturated rings. The second-order valence-electron chi connectivity index (χ2n) is 7.76. The van der Waals surface area contributed by atoms with Crippen LogP contribution < -0.4 is 24.7 Å². The molecule has 0 saturated carbocycles. The molecule has 2 aliphatic heterocycles. The zero-order chi connectivity index (χ0) is 22.1. The molecule has 0 spiro atoms. The lowest BCUT2D eigenvalue weighted by Crippen LogP contribution is -2.35. The molecule has 2 aromatic carbocycles. The van der Waals surface area contributed by atoms with Crippen molar-refractivity contribution in [3.8, 4) is 17.2 Å². The molecular formula is C24H23N3O5. The maximum atomic E-state index is 12.8. The maximum absolute atomic E-state index is 12.8. The van der Waals surface area contributed by atoms with Crippen LogP contribution in [0, 0.1) is 0 Å². The van der Waals surface area contributed by atoms with Crippen LogP contribution in [0.5, 0.6) is 17.2 Å². The lowest BCUT2D eigenvalue weighted by atomic mass is 10.1. The number of rotatable bonds is 5. The summed E-state index contributed by atoms with van der Waals surface area (Å²) in [5.41, 5.74) is 2.98. The van der Waals surface area contributed by atoms with Gasteiger partial charge in [0.25, 0.3) is 5.56 Å². The maximum Gasteiger partial charge on any atom is 0.267 e. The first-order chi connectivity index (χ1) is 15.6. The van der Waals surface area contributed by atoms with Gasteiger partial charge in [-0.3, -0.25) is 9.59 Å². The van der Waals surface area contributed by atoms with Crippen molar-refractivity contribution in [2.75, 3.05) is 31.8 Å². The molecule has 0 N–H and O–H groups in total. The molecule has 0 unspecified atom stereocenters. The Kier molecular flexibility index (Phi) is 5.26. The van der Waals surface area contributed by atoms with Crippen molar-refractivity contribution in [2.45, 2.75) is 19.5 Å². The highest BCUT2D eigenvalue weighted by Gasteiger charge is 2.21. The molecule has 3 aromatic rings. The van der Waals surface area contributed by atoms with Gasteiger partial charge in [0.05, 0.1) is 12.8 Å². The summed E-state index contributed by atoms with van der Waals surface area (Å²) in [6.45, 7) is 2.20. The highest BCUT2D eigenvalue weighted by Crippen LogP contribution is 2.31. The van der Waals surface area contributed by atoms with Crippen LogP contribution in [0.25, 0.3) is 0 Å². The molecule has 0 atom stereocenters. The van der Waals surface area contributed by atoms with E-state index in [9.17, 15) is 9.59 Å². The summed E-state index contributed by atoms with van der Waals surface area (Å²) in [7, 11) is 1.64. The SMILES string of the molecule is COc1ccc(N2CCc3nn(CC(=O)c4ccc5c(c4)OCCO5)c(=O)cc3C2)cc1. The summed E-state index contributed by atoms with van der Waals surface area (Å²) < 4.78 is 17.5. The number of fused-ring (bicyclic) bond motifs is 2. The van der Waals surface area contributed by atoms with Gasteiger partial charge in [0.15, 0.2) is 17.3 Å². The number of carbonyl (C=O) groups is 1. The van der Waals surface area contributed by atoms with Crippen LogP contribution in [0.15, 0.2) is 53.3 Å². The van der Waals surface area contributed by atoms with Gasteiger partial charge >= 0.3 is 0 Å². The average molecular weight is 433 g/mol. The largest absolute Gasteiger partial charge is 0.497 e. The Morgan fingerprint density at radius 2 is 1.84 bits per heavy atom. The molecule has 0 saturated heterocycles. The van der Waals surface area contributed by atoms with E-state index >= 15 is 0 Å². The Balaban J connectivity index is 1.33. The van der Waals surface area contributed by atoms with Crippen LogP contribution in [-0.2, 0) is 19.5 Å². The van der Waals surface area contributed by atoms with Gasteiger partial charge in [0, 0.05) is 42.4 Å². The second kappa shape index (κ2) is 8.37. The van der Waals surface area contributed by atoms with Crippen LogP contribution in [0.3, 0.4) is 0 Å². The van der Waals surface area contributed by atoms with Crippen molar-refractivity contribution in [2.24, 2.45) is 0 Å². The first-order valence-electron chi connectivity index (χ1n) is 10.5. The predicted molar refractivity (Wildman–Crippen MR) is 118 cm³/mol. The van der Waals surface area contributed by atoms with Crippen molar-refractivity contribution in [1.82, 2.24) is 9.78 Å². The average Bonchev–Trinajstić information content (AvgIpc) is 2.84. The zero-order valence-corrected chi connectivity index (χ0v) is 17.7. The molecule has 3 heterocycles. The zero-order valence-electron chi connectivity index (χ0n) is 17.7. The topological polar surface area (TPSA) is 82.9 Å². The molecule has 5 rings (SSSR count). The number of benzene rings is 2. The summed E-state index contributed by atoms with van der Waals surface area (Å²) in [6.07, 6.45) is 0.694. The van der Waals surface area contributed by atoms with Crippen molar-refractivity contribution >= 4 is 11.5 Å². The number of methoxy groups -OCH3 is 1. The summed E-state index contributed by atoms with van der Waals surface area (Å²) in [6, 6.07) is 14.5. The summed E-state index contributed by atoms with van der Waals surface area (Å²) >= 11 is 0. The number of nitrogens with zero attached hydrogens (tertiary/aromatic N) is 3. The molecule has 1 aromatic heterocycles. The number of Topliss-reactive ketones (excluding diaryl/α,β-unsaturated/α-hetero) is 1. The third-order valence-electron chi connectivity index (χ3n) is 5.74. The van der Waals surface area contributed by atoms with E-state index < -0.39 is 0 Å². The third-order valence-corrected chi connectivity index (χ3v) is 5.74. The van der Waals surface area contributed by atoms with Crippen LogP contribution in [0.1, 0.15) is 21.6 Å². The minimum Gasteiger partial charge on any atom is -0.497 e. The van der Waals surface area contributed by atoms with Crippen LogP contribution in [-0.4, -0.2) is 42.4 Å². The van der Waals surface area contributed by atoms with Gasteiger partial charge in [0.1, 0.15) is 25.5 Å². The number of hydrogen-bond donors (Lipinski definition) is 0. The standard InChI is InChI=1S/C24H23N3O5/c1-30-19-5-3-18(4-6-19)26-9-8-20-17(14-26)13-24(29)27(25-20)15-21(28)16-2-7-22-23(12-16)32-11-10-31-22/h2-7,12-13H,8-11,14-15H2,1H3. The molecule has 2 aliphatic rings. The molecule has 8 heteroatoms. The Labute approximate surface area is 184 Å². The van der Waals surface area contributed by atoms with E-state index in [4.69, 9.17) is 14.2 Å². The van der Waals surface area contributed by atoms with Gasteiger partial charge in [-0.05, 0) is 42.5 Å². The highest BCUT2D eigenvalue weighted by molar-refractivity contribution is 5.96. The molecule has 8 nitrogen and oxygen atoms in total. The van der Waals surface area contributed by atoms with Gasteiger partial charge in [0.2, 0.25) is 0 Å². The Morgan fingerprint density at radius 3 is 2.62 bits per heavy atom. The molecule has 0 amide bonds. The smallest absolute Gasteiger partial charge is 0.267 e. The third kappa shape index (κ3) is 3.91. The van der Waals surface area contributed by atoms with Gasteiger partial charge < -0.3 is 19.1 Å². The van der Waals surface area contributed by atoms with Crippen LogP contribution in [0.4, 0.5) is 5.69 Å². The van der Waals surface area contributed by atoms with E-state index in [2.05, 4.69) is 10.00 Å². The highest BCUT2D eigenvalue weighted by atomic mass is 16.6. The fourth-order valence-corrected chi connectivity index (χ4v) is 4.01. The van der Waals surface area contributed by atoms with Crippen molar-refractivity contribution < 1.29 is 19.0 Å². The van der Waals surface area contributed by atoms with E-state index in [0.29, 0.717) is 43.2 Å². The predicted octanol–water partition coefficient (Wildman–Crippen LogP) is 2.47.